The highest BCUT2D eigenvalue weighted by molar-refractivity contribution is 7.93. The van der Waals surface area contributed by atoms with Gasteiger partial charge in [-0.05, 0) is 48.4 Å². The zero-order valence-electron chi connectivity index (χ0n) is 18.7. The molecule has 1 heterocycles. The Labute approximate surface area is 199 Å². The van der Waals surface area contributed by atoms with E-state index in [4.69, 9.17) is 4.74 Å². The molecule has 0 bridgehead atoms. The molecule has 1 aromatic heterocycles. The number of fused-ring (bicyclic) bond motifs is 1. The van der Waals surface area contributed by atoms with Crippen molar-refractivity contribution < 1.29 is 17.9 Å². The molecule has 0 saturated heterocycles. The highest BCUT2D eigenvalue weighted by Crippen LogP contribution is 2.29. The Kier molecular flexibility index (Phi) is 7.08. The number of nitrogens with zero attached hydrogens (tertiary/aromatic N) is 2. The summed E-state index contributed by atoms with van der Waals surface area (Å²) in [6.45, 7) is 0.0458. The number of aromatic nitrogens is 1. The van der Waals surface area contributed by atoms with Gasteiger partial charge in [0, 0.05) is 29.7 Å². The third kappa shape index (κ3) is 5.18. The van der Waals surface area contributed by atoms with E-state index in [9.17, 15) is 13.2 Å². The van der Waals surface area contributed by atoms with Crippen molar-refractivity contribution in [2.45, 2.75) is 11.3 Å². The number of pyridine rings is 1. The fraction of sp³-hybridized carbons (Fsp3) is 0.154. The van der Waals surface area contributed by atoms with Gasteiger partial charge in [0.05, 0.1) is 17.7 Å². The smallest absolute Gasteiger partial charge is 0.265 e. The largest absolute Gasteiger partial charge is 0.497 e. The number of methoxy groups -OCH3 is 1. The summed E-state index contributed by atoms with van der Waals surface area (Å²) in [4.78, 5) is 17.0. The highest BCUT2D eigenvalue weighted by Gasteiger charge is 2.28. The van der Waals surface area contributed by atoms with Crippen LogP contribution in [-0.4, -0.2) is 39.5 Å². The molecule has 4 rings (SSSR count). The van der Waals surface area contributed by atoms with Gasteiger partial charge in [-0.15, -0.1) is 0 Å². The lowest BCUT2D eigenvalue weighted by Crippen LogP contribution is -2.41. The Balaban J connectivity index is 1.63. The van der Waals surface area contributed by atoms with Crippen LogP contribution in [0.4, 0.5) is 5.69 Å². The van der Waals surface area contributed by atoms with Crippen LogP contribution in [0, 0.1) is 0 Å². The Hall–Kier alpha value is -3.91. The van der Waals surface area contributed by atoms with Crippen LogP contribution in [-0.2, 0) is 21.2 Å². The van der Waals surface area contributed by atoms with Crippen molar-refractivity contribution in [3.63, 3.8) is 0 Å². The number of anilines is 1. The molecule has 0 fully saturated rings. The van der Waals surface area contributed by atoms with Gasteiger partial charge in [0.25, 0.3) is 10.0 Å². The van der Waals surface area contributed by atoms with E-state index in [1.807, 2.05) is 30.3 Å². The number of benzene rings is 3. The molecule has 0 unspecified atom stereocenters. The lowest BCUT2D eigenvalue weighted by Gasteiger charge is -2.25. The summed E-state index contributed by atoms with van der Waals surface area (Å²) in [5.41, 5.74) is 1.46. The van der Waals surface area contributed by atoms with Gasteiger partial charge in [-0.3, -0.25) is 14.1 Å². The average molecular weight is 476 g/mol. The topological polar surface area (TPSA) is 88.6 Å². The van der Waals surface area contributed by atoms with Crippen LogP contribution >= 0.6 is 0 Å². The van der Waals surface area contributed by atoms with Crippen molar-refractivity contribution >= 4 is 32.4 Å². The van der Waals surface area contributed by atoms with Gasteiger partial charge in [-0.25, -0.2) is 8.42 Å². The van der Waals surface area contributed by atoms with Crippen LogP contribution in [0.25, 0.3) is 10.8 Å². The second kappa shape index (κ2) is 10.4. The molecule has 7 nitrogen and oxygen atoms in total. The molecule has 0 spiro atoms. The van der Waals surface area contributed by atoms with Gasteiger partial charge in [-0.2, -0.15) is 0 Å². The van der Waals surface area contributed by atoms with Crippen LogP contribution in [0.1, 0.15) is 5.56 Å². The average Bonchev–Trinajstić information content (AvgIpc) is 2.87. The molecule has 4 aromatic rings. The Morgan fingerprint density at radius 3 is 2.47 bits per heavy atom. The first-order valence-corrected chi connectivity index (χ1v) is 12.2. The molecule has 0 aliphatic carbocycles. The maximum Gasteiger partial charge on any atom is 0.265 e. The predicted molar refractivity (Wildman–Crippen MR) is 132 cm³/mol. The minimum absolute atomic E-state index is 0.111. The summed E-state index contributed by atoms with van der Waals surface area (Å²) >= 11 is 0. The number of rotatable bonds is 9. The Morgan fingerprint density at radius 2 is 1.74 bits per heavy atom. The minimum Gasteiger partial charge on any atom is -0.497 e. The molecule has 3 aromatic carbocycles. The van der Waals surface area contributed by atoms with Crippen molar-refractivity contribution in [1.82, 2.24) is 10.3 Å². The number of sulfonamides is 1. The predicted octanol–water partition coefficient (Wildman–Crippen LogP) is 3.80. The fourth-order valence-corrected chi connectivity index (χ4v) is 5.32. The van der Waals surface area contributed by atoms with E-state index in [0.29, 0.717) is 35.2 Å². The number of hydrogen-bond acceptors (Lipinski definition) is 5. The maximum absolute atomic E-state index is 13.8. The van der Waals surface area contributed by atoms with Gasteiger partial charge in [0.15, 0.2) is 0 Å². The molecule has 0 aliphatic heterocycles. The quantitative estimate of drug-likeness (QED) is 0.398. The van der Waals surface area contributed by atoms with E-state index in [0.717, 1.165) is 9.87 Å². The molecule has 174 valence electrons. The number of carbonyl (C=O) groups excluding carboxylic acids is 1. The molecule has 1 N–H and O–H groups in total. The third-order valence-corrected chi connectivity index (χ3v) is 7.27. The molecule has 34 heavy (non-hydrogen) atoms. The highest BCUT2D eigenvalue weighted by atomic mass is 32.2. The van der Waals surface area contributed by atoms with Gasteiger partial charge >= 0.3 is 0 Å². The molecule has 0 atom stereocenters. The molecule has 1 amide bonds. The summed E-state index contributed by atoms with van der Waals surface area (Å²) in [6.07, 6.45) is 3.82. The molecule has 0 aliphatic rings. The fourth-order valence-electron chi connectivity index (χ4n) is 3.68. The summed E-state index contributed by atoms with van der Waals surface area (Å²) in [7, 11) is -2.53. The van der Waals surface area contributed by atoms with Crippen molar-refractivity contribution in [2.75, 3.05) is 24.5 Å². The van der Waals surface area contributed by atoms with Crippen LogP contribution < -0.4 is 14.4 Å². The first kappa shape index (κ1) is 23.3. The van der Waals surface area contributed by atoms with Crippen LogP contribution in [0.5, 0.6) is 5.75 Å². The van der Waals surface area contributed by atoms with E-state index < -0.39 is 15.9 Å². The number of ether oxygens (including phenoxy) is 1. The number of nitrogens with one attached hydrogen (secondary N) is 1. The Bertz CT molecular complexity index is 1370. The van der Waals surface area contributed by atoms with Crippen LogP contribution in [0.3, 0.4) is 0 Å². The zero-order valence-corrected chi connectivity index (χ0v) is 19.5. The van der Waals surface area contributed by atoms with Crippen LogP contribution in [0.2, 0.25) is 0 Å². The van der Waals surface area contributed by atoms with E-state index in [1.54, 1.807) is 60.9 Å². The first-order chi connectivity index (χ1) is 16.5. The second-order valence-electron chi connectivity index (χ2n) is 7.65. The van der Waals surface area contributed by atoms with Gasteiger partial charge in [0.1, 0.15) is 12.3 Å². The third-order valence-electron chi connectivity index (χ3n) is 5.44. The van der Waals surface area contributed by atoms with Crippen molar-refractivity contribution in [1.29, 1.82) is 0 Å². The van der Waals surface area contributed by atoms with E-state index in [-0.39, 0.29) is 11.4 Å². The van der Waals surface area contributed by atoms with Gasteiger partial charge in [0.2, 0.25) is 5.91 Å². The van der Waals surface area contributed by atoms with Crippen molar-refractivity contribution in [3.05, 3.63) is 96.8 Å². The van der Waals surface area contributed by atoms with Crippen LogP contribution in [0.15, 0.2) is 96.2 Å². The van der Waals surface area contributed by atoms with Gasteiger partial charge in [-0.1, -0.05) is 42.5 Å². The summed E-state index contributed by atoms with van der Waals surface area (Å²) in [5, 5.41) is 4.08. The molecule has 0 saturated carbocycles. The molecule has 8 heteroatoms. The standard InChI is InChI=1S/C26H25N3O4S/c1-33-23-12-10-22(11-13-23)29(19-26(30)28-17-14-20-6-3-2-4-7-20)34(31,32)25-9-5-8-21-18-27-16-15-24(21)25/h2-13,15-16,18H,14,17,19H2,1H3,(H,28,30). The lowest BCUT2D eigenvalue weighted by atomic mass is 10.1. The van der Waals surface area contributed by atoms with Crippen molar-refractivity contribution in [2.24, 2.45) is 0 Å². The normalized spacial score (nSPS) is 11.2. The second-order valence-corrected chi connectivity index (χ2v) is 9.48. The lowest BCUT2D eigenvalue weighted by molar-refractivity contribution is -0.119. The molecular weight excluding hydrogens is 450 g/mol. The summed E-state index contributed by atoms with van der Waals surface area (Å²) in [5.74, 6) is 0.196. The van der Waals surface area contributed by atoms with E-state index >= 15 is 0 Å². The Morgan fingerprint density at radius 1 is 0.971 bits per heavy atom. The molecular formula is C26H25N3O4S. The minimum atomic E-state index is -4.07. The van der Waals surface area contributed by atoms with E-state index in [1.165, 1.54) is 7.11 Å². The first-order valence-electron chi connectivity index (χ1n) is 10.8. The monoisotopic (exact) mass is 475 g/mol. The zero-order chi connectivity index (χ0) is 24.0. The number of hydrogen-bond donors (Lipinski definition) is 1. The number of amides is 1. The van der Waals surface area contributed by atoms with Crippen molar-refractivity contribution in [3.8, 4) is 5.75 Å². The van der Waals surface area contributed by atoms with Gasteiger partial charge < -0.3 is 10.1 Å². The maximum atomic E-state index is 13.8. The summed E-state index contributed by atoms with van der Waals surface area (Å²) in [6, 6.07) is 23.0. The molecule has 0 radical (unpaired) electrons. The van der Waals surface area contributed by atoms with E-state index in [2.05, 4.69) is 10.3 Å². The SMILES string of the molecule is COc1ccc(N(CC(=O)NCCc2ccccc2)S(=O)(=O)c2cccc3cnccc23)cc1. The number of carbonyl (C=O) groups is 1. The summed E-state index contributed by atoms with van der Waals surface area (Å²) < 4.78 is 34.0.